The Morgan fingerprint density at radius 2 is 2.50 bits per heavy atom. The number of rotatable bonds is 1. The number of esters is 1. The van der Waals surface area contributed by atoms with Gasteiger partial charge in [-0.15, -0.1) is 0 Å². The molecule has 0 bridgehead atoms. The average Bonchev–Trinajstić information content (AvgIpc) is 2.08. The van der Waals surface area contributed by atoms with Gasteiger partial charge in [0.2, 0.25) is 0 Å². The smallest absolute Gasteiger partial charge is 0.339 e. The predicted octanol–water partition coefficient (Wildman–Crippen LogP) is -0.182. The quantitative estimate of drug-likeness (QED) is 0.540. The minimum atomic E-state index is -1.36. The molecule has 0 aliphatic carbocycles. The molecule has 0 radical (unpaired) electrons. The monoisotopic (exact) mass is 173 g/mol. The van der Waals surface area contributed by atoms with Crippen LogP contribution in [0.3, 0.4) is 0 Å². The first kappa shape index (κ1) is 8.73. The Kier molecular flexibility index (Phi) is 2.44. The normalized spacial score (nSPS) is 22.1. The molecule has 1 aliphatic rings. The highest BCUT2D eigenvalue weighted by Gasteiger charge is 2.18. The molecule has 66 valence electrons. The first-order valence-corrected chi connectivity index (χ1v) is 3.25. The maximum absolute atomic E-state index is 12.6. The molecular weight excluding hydrogens is 165 g/mol. The highest BCUT2D eigenvalue weighted by Crippen LogP contribution is 2.12. The molecule has 1 rings (SSSR count). The summed E-state index contributed by atoms with van der Waals surface area (Å²) in [6, 6.07) is 0. The summed E-state index contributed by atoms with van der Waals surface area (Å²) in [5.74, 6) is -1.46. The fourth-order valence-electron chi connectivity index (χ4n) is 0.753. The predicted molar refractivity (Wildman–Crippen MR) is 38.4 cm³/mol. The molecule has 4 nitrogen and oxygen atoms in total. The van der Waals surface area contributed by atoms with E-state index in [0.29, 0.717) is 0 Å². The lowest BCUT2D eigenvalue weighted by Gasteiger charge is -2.14. The zero-order chi connectivity index (χ0) is 9.14. The van der Waals surface area contributed by atoms with Crippen molar-refractivity contribution in [2.75, 3.05) is 7.11 Å². The summed E-state index contributed by atoms with van der Waals surface area (Å²) in [5.41, 5.74) is 0.0419. The number of halogens is 1. The molecule has 0 spiro atoms. The highest BCUT2D eigenvalue weighted by atomic mass is 19.1. The van der Waals surface area contributed by atoms with Gasteiger partial charge >= 0.3 is 5.97 Å². The maximum Gasteiger partial charge on any atom is 0.339 e. The van der Waals surface area contributed by atoms with Gasteiger partial charge in [0, 0.05) is 6.20 Å². The second-order valence-corrected chi connectivity index (χ2v) is 2.19. The Morgan fingerprint density at radius 1 is 1.83 bits per heavy atom. The fraction of sp³-hybridized carbons (Fsp3) is 0.286. The number of ether oxygens (including phenoxy) is 1. The number of aliphatic hydroxyl groups is 1. The third kappa shape index (κ3) is 1.62. The van der Waals surface area contributed by atoms with E-state index in [9.17, 15) is 9.18 Å². The summed E-state index contributed by atoms with van der Waals surface area (Å²) < 4.78 is 17.0. The van der Waals surface area contributed by atoms with Crippen LogP contribution in [0.1, 0.15) is 0 Å². The molecule has 0 amide bonds. The Morgan fingerprint density at radius 3 is 3.00 bits per heavy atom. The lowest BCUT2D eigenvalue weighted by Crippen LogP contribution is -2.28. The minimum Gasteiger partial charge on any atom is -0.465 e. The number of nitrogens with one attached hydrogen (secondary N) is 1. The minimum absolute atomic E-state index is 0.0419. The third-order valence-corrected chi connectivity index (χ3v) is 1.37. The van der Waals surface area contributed by atoms with Crippen LogP contribution in [0.4, 0.5) is 4.39 Å². The van der Waals surface area contributed by atoms with E-state index in [0.717, 1.165) is 6.08 Å². The molecule has 2 N–H and O–H groups in total. The first-order chi connectivity index (χ1) is 5.65. The van der Waals surface area contributed by atoms with Crippen LogP contribution >= 0.6 is 0 Å². The largest absolute Gasteiger partial charge is 0.465 e. The van der Waals surface area contributed by atoms with Crippen molar-refractivity contribution in [3.05, 3.63) is 23.7 Å². The van der Waals surface area contributed by atoms with Crippen LogP contribution in [-0.2, 0) is 9.53 Å². The molecule has 12 heavy (non-hydrogen) atoms. The highest BCUT2D eigenvalue weighted by molar-refractivity contribution is 5.91. The van der Waals surface area contributed by atoms with E-state index in [-0.39, 0.29) is 5.57 Å². The average molecular weight is 173 g/mol. The second-order valence-electron chi connectivity index (χ2n) is 2.19. The van der Waals surface area contributed by atoms with Crippen molar-refractivity contribution in [1.82, 2.24) is 5.32 Å². The van der Waals surface area contributed by atoms with Crippen molar-refractivity contribution in [2.45, 2.75) is 6.23 Å². The molecule has 0 fully saturated rings. The van der Waals surface area contributed by atoms with Crippen LogP contribution in [-0.4, -0.2) is 24.4 Å². The van der Waals surface area contributed by atoms with Crippen molar-refractivity contribution >= 4 is 5.97 Å². The fourth-order valence-corrected chi connectivity index (χ4v) is 0.753. The van der Waals surface area contributed by atoms with E-state index in [1.165, 1.54) is 13.3 Å². The SMILES string of the molecule is COC(=O)C1=CNC(O)C(F)=C1. The van der Waals surface area contributed by atoms with E-state index in [1.807, 2.05) is 0 Å². The van der Waals surface area contributed by atoms with Gasteiger partial charge in [-0.3, -0.25) is 0 Å². The summed E-state index contributed by atoms with van der Waals surface area (Å²) in [4.78, 5) is 10.8. The van der Waals surface area contributed by atoms with E-state index >= 15 is 0 Å². The summed E-state index contributed by atoms with van der Waals surface area (Å²) in [7, 11) is 1.19. The maximum atomic E-state index is 12.6. The second kappa shape index (κ2) is 3.36. The molecule has 1 unspecified atom stereocenters. The number of hydrogen-bond donors (Lipinski definition) is 2. The lowest BCUT2D eigenvalue weighted by atomic mass is 10.2. The summed E-state index contributed by atoms with van der Waals surface area (Å²) >= 11 is 0. The standard InChI is InChI=1S/C7H8FNO3/c1-12-7(11)4-2-5(8)6(10)9-3-4/h2-3,6,9-10H,1H3. The van der Waals surface area contributed by atoms with Gasteiger partial charge in [-0.2, -0.15) is 0 Å². The topological polar surface area (TPSA) is 58.6 Å². The molecule has 0 saturated carbocycles. The van der Waals surface area contributed by atoms with Crippen LogP contribution in [0.5, 0.6) is 0 Å². The van der Waals surface area contributed by atoms with Gasteiger partial charge in [0.05, 0.1) is 12.7 Å². The van der Waals surface area contributed by atoms with Crippen LogP contribution in [0.25, 0.3) is 0 Å². The van der Waals surface area contributed by atoms with Gasteiger partial charge in [-0.1, -0.05) is 0 Å². The van der Waals surface area contributed by atoms with Crippen molar-refractivity contribution in [3.63, 3.8) is 0 Å². The molecular formula is C7H8FNO3. The molecule has 0 aromatic rings. The lowest BCUT2D eigenvalue weighted by molar-refractivity contribution is -0.135. The van der Waals surface area contributed by atoms with Gasteiger partial charge in [0.25, 0.3) is 0 Å². The van der Waals surface area contributed by atoms with Crippen LogP contribution in [0.2, 0.25) is 0 Å². The summed E-state index contributed by atoms with van der Waals surface area (Å²) in [6.45, 7) is 0. The molecule has 0 saturated heterocycles. The Bertz CT molecular complexity index is 259. The van der Waals surface area contributed by atoms with E-state index in [1.54, 1.807) is 0 Å². The van der Waals surface area contributed by atoms with Gasteiger partial charge in [-0.05, 0) is 6.08 Å². The zero-order valence-electron chi connectivity index (χ0n) is 6.37. The summed E-state index contributed by atoms with van der Waals surface area (Å²) in [5, 5.41) is 11.0. The Balaban J connectivity index is 2.78. The number of methoxy groups -OCH3 is 1. The molecule has 5 heteroatoms. The number of carbonyl (C=O) groups excluding carboxylic acids is 1. The van der Waals surface area contributed by atoms with Crippen LogP contribution in [0, 0.1) is 0 Å². The Labute approximate surface area is 68.3 Å². The van der Waals surface area contributed by atoms with Crippen LogP contribution in [0.15, 0.2) is 23.7 Å². The van der Waals surface area contributed by atoms with Crippen molar-refractivity contribution in [1.29, 1.82) is 0 Å². The molecule has 0 aromatic carbocycles. The van der Waals surface area contributed by atoms with E-state index < -0.39 is 18.0 Å². The third-order valence-electron chi connectivity index (χ3n) is 1.37. The Hall–Kier alpha value is -1.36. The number of aliphatic hydroxyl groups excluding tert-OH is 1. The molecule has 1 aliphatic heterocycles. The van der Waals surface area contributed by atoms with E-state index in [2.05, 4.69) is 10.1 Å². The van der Waals surface area contributed by atoms with Crippen molar-refractivity contribution in [3.8, 4) is 0 Å². The van der Waals surface area contributed by atoms with Gasteiger partial charge < -0.3 is 15.2 Å². The van der Waals surface area contributed by atoms with E-state index in [4.69, 9.17) is 5.11 Å². The number of carbonyl (C=O) groups is 1. The molecule has 1 atom stereocenters. The molecule has 0 aromatic heterocycles. The van der Waals surface area contributed by atoms with Gasteiger partial charge in [0.15, 0.2) is 6.23 Å². The van der Waals surface area contributed by atoms with Crippen molar-refractivity contribution < 1.29 is 19.0 Å². The van der Waals surface area contributed by atoms with Gasteiger partial charge in [0.1, 0.15) is 5.83 Å². The first-order valence-electron chi connectivity index (χ1n) is 3.25. The van der Waals surface area contributed by atoms with Crippen LogP contribution < -0.4 is 5.32 Å². The summed E-state index contributed by atoms with van der Waals surface area (Å²) in [6.07, 6.45) is 0.755. The number of hydrogen-bond acceptors (Lipinski definition) is 4. The zero-order valence-corrected chi connectivity index (χ0v) is 6.37. The molecule has 1 heterocycles. The number of dihydropyridines is 1. The van der Waals surface area contributed by atoms with Crippen molar-refractivity contribution in [2.24, 2.45) is 0 Å². The van der Waals surface area contributed by atoms with Gasteiger partial charge in [-0.25, -0.2) is 9.18 Å².